The molecule has 0 unspecified atom stereocenters. The van der Waals surface area contributed by atoms with Gasteiger partial charge in [0.05, 0.1) is 13.0 Å². The maximum atomic E-state index is 12.7. The van der Waals surface area contributed by atoms with Crippen molar-refractivity contribution in [3.05, 3.63) is 48.0 Å². The molecule has 2 heterocycles. The monoisotopic (exact) mass is 353 g/mol. The van der Waals surface area contributed by atoms with Gasteiger partial charge in [-0.15, -0.1) is 0 Å². The Labute approximate surface area is 154 Å². The highest BCUT2D eigenvalue weighted by atomic mass is 16.5. The van der Waals surface area contributed by atoms with Crippen molar-refractivity contribution in [3.63, 3.8) is 0 Å². The predicted molar refractivity (Wildman–Crippen MR) is 102 cm³/mol. The van der Waals surface area contributed by atoms with Crippen LogP contribution < -0.4 is 5.32 Å². The molecule has 4 heteroatoms. The summed E-state index contributed by atoms with van der Waals surface area (Å²) >= 11 is 0. The van der Waals surface area contributed by atoms with Crippen LogP contribution in [-0.4, -0.2) is 38.4 Å². The number of amides is 1. The van der Waals surface area contributed by atoms with Crippen LogP contribution >= 0.6 is 0 Å². The Morgan fingerprint density at radius 1 is 0.962 bits per heavy atom. The number of hydrogen-bond donors (Lipinski definition) is 1. The second kappa shape index (κ2) is 8.19. The molecule has 2 aromatic rings. The lowest BCUT2D eigenvalue weighted by atomic mass is 9.79. The first-order valence-corrected chi connectivity index (χ1v) is 9.72. The molecule has 138 valence electrons. The van der Waals surface area contributed by atoms with Gasteiger partial charge < -0.3 is 14.8 Å². The Bertz CT molecular complexity index is 754. The molecule has 2 aromatic carbocycles. The molecule has 2 aliphatic heterocycles. The van der Waals surface area contributed by atoms with Crippen molar-refractivity contribution >= 4 is 16.7 Å². The van der Waals surface area contributed by atoms with Gasteiger partial charge in [0.1, 0.15) is 0 Å². The van der Waals surface area contributed by atoms with Gasteiger partial charge in [0.2, 0.25) is 5.91 Å². The molecule has 4 rings (SSSR count). The third-order valence-electron chi connectivity index (χ3n) is 5.80. The summed E-state index contributed by atoms with van der Waals surface area (Å²) in [4.78, 5) is 12.7. The van der Waals surface area contributed by atoms with Gasteiger partial charge in [0.25, 0.3) is 0 Å². The smallest absolute Gasteiger partial charge is 0.224 e. The lowest BCUT2D eigenvalue weighted by Gasteiger charge is -2.39. The molecule has 2 saturated heterocycles. The molecule has 2 fully saturated rings. The molecule has 0 saturated carbocycles. The third-order valence-corrected chi connectivity index (χ3v) is 5.80. The molecule has 1 amide bonds. The van der Waals surface area contributed by atoms with Crippen LogP contribution in [0.5, 0.6) is 0 Å². The molecule has 0 radical (unpaired) electrons. The summed E-state index contributed by atoms with van der Waals surface area (Å²) in [5, 5.41) is 5.70. The minimum absolute atomic E-state index is 0.115. The highest BCUT2D eigenvalue weighted by molar-refractivity contribution is 5.85. The average molecular weight is 353 g/mol. The van der Waals surface area contributed by atoms with E-state index in [1.807, 2.05) is 12.1 Å². The van der Waals surface area contributed by atoms with Gasteiger partial charge in [-0.05, 0) is 41.5 Å². The number of benzene rings is 2. The lowest BCUT2D eigenvalue weighted by Crippen LogP contribution is -2.49. The van der Waals surface area contributed by atoms with Gasteiger partial charge in [-0.2, -0.15) is 0 Å². The van der Waals surface area contributed by atoms with Crippen molar-refractivity contribution in [2.24, 2.45) is 11.8 Å². The van der Waals surface area contributed by atoms with E-state index in [2.05, 4.69) is 35.6 Å². The van der Waals surface area contributed by atoms with Crippen LogP contribution in [0.1, 0.15) is 24.8 Å². The molecule has 2 aliphatic rings. The molecule has 0 aromatic heterocycles. The number of carbonyl (C=O) groups is 1. The highest BCUT2D eigenvalue weighted by Crippen LogP contribution is 2.30. The van der Waals surface area contributed by atoms with Crippen molar-refractivity contribution < 1.29 is 14.3 Å². The normalized spacial score (nSPS) is 24.5. The van der Waals surface area contributed by atoms with E-state index < -0.39 is 0 Å². The van der Waals surface area contributed by atoms with Crippen LogP contribution in [0.4, 0.5) is 0 Å². The maximum absolute atomic E-state index is 12.7. The number of nitrogens with one attached hydrogen (secondary N) is 1. The van der Waals surface area contributed by atoms with Crippen LogP contribution in [0.15, 0.2) is 42.5 Å². The first kappa shape index (κ1) is 17.5. The Hall–Kier alpha value is -1.91. The molecular formula is C22H27NO3. The molecular weight excluding hydrogens is 326 g/mol. The fourth-order valence-corrected chi connectivity index (χ4v) is 4.34. The van der Waals surface area contributed by atoms with Gasteiger partial charge in [-0.3, -0.25) is 4.79 Å². The number of rotatable bonds is 4. The van der Waals surface area contributed by atoms with E-state index in [-0.39, 0.29) is 11.9 Å². The van der Waals surface area contributed by atoms with Crippen LogP contribution in [0.2, 0.25) is 0 Å². The SMILES string of the molecule is O=C(Cc1ccc2ccccc2c1)N[C@H]1CCOC[C@H]1C1CCOCC1. The van der Waals surface area contributed by atoms with Crippen molar-refractivity contribution in [2.75, 3.05) is 26.4 Å². The van der Waals surface area contributed by atoms with Crippen LogP contribution in [0.3, 0.4) is 0 Å². The second-order valence-electron chi connectivity index (χ2n) is 7.51. The van der Waals surface area contributed by atoms with E-state index in [1.54, 1.807) is 0 Å². The van der Waals surface area contributed by atoms with Crippen molar-refractivity contribution in [3.8, 4) is 0 Å². The summed E-state index contributed by atoms with van der Waals surface area (Å²) in [6.45, 7) is 3.16. The number of carbonyl (C=O) groups excluding carboxylic acids is 1. The minimum Gasteiger partial charge on any atom is -0.381 e. The van der Waals surface area contributed by atoms with E-state index in [1.165, 1.54) is 10.8 Å². The van der Waals surface area contributed by atoms with E-state index in [4.69, 9.17) is 9.47 Å². The maximum Gasteiger partial charge on any atom is 0.224 e. The largest absolute Gasteiger partial charge is 0.381 e. The Kier molecular flexibility index (Phi) is 5.51. The zero-order chi connectivity index (χ0) is 17.8. The van der Waals surface area contributed by atoms with Crippen LogP contribution in [0.25, 0.3) is 10.8 Å². The van der Waals surface area contributed by atoms with Crippen LogP contribution in [-0.2, 0) is 20.7 Å². The topological polar surface area (TPSA) is 47.6 Å². The molecule has 1 N–H and O–H groups in total. The third kappa shape index (κ3) is 4.08. The molecule has 4 nitrogen and oxygen atoms in total. The molecule has 0 aliphatic carbocycles. The first-order valence-electron chi connectivity index (χ1n) is 9.72. The zero-order valence-electron chi connectivity index (χ0n) is 15.2. The molecule has 0 spiro atoms. The summed E-state index contributed by atoms with van der Waals surface area (Å²) in [5.74, 6) is 1.12. The van der Waals surface area contributed by atoms with Crippen molar-refractivity contribution in [1.82, 2.24) is 5.32 Å². The first-order chi connectivity index (χ1) is 12.8. The Balaban J connectivity index is 1.40. The lowest BCUT2D eigenvalue weighted by molar-refractivity contribution is -0.123. The quantitative estimate of drug-likeness (QED) is 0.917. The highest BCUT2D eigenvalue weighted by Gasteiger charge is 2.34. The van der Waals surface area contributed by atoms with Gasteiger partial charge >= 0.3 is 0 Å². The van der Waals surface area contributed by atoms with E-state index in [9.17, 15) is 4.79 Å². The average Bonchev–Trinajstić information content (AvgIpc) is 2.69. The van der Waals surface area contributed by atoms with Crippen molar-refractivity contribution in [2.45, 2.75) is 31.7 Å². The molecule has 0 bridgehead atoms. The molecule has 2 atom stereocenters. The minimum atomic E-state index is 0.115. The fraction of sp³-hybridized carbons (Fsp3) is 0.500. The van der Waals surface area contributed by atoms with E-state index in [0.717, 1.165) is 51.3 Å². The zero-order valence-corrected chi connectivity index (χ0v) is 15.2. The molecule has 26 heavy (non-hydrogen) atoms. The second-order valence-corrected chi connectivity index (χ2v) is 7.51. The summed E-state index contributed by atoms with van der Waals surface area (Å²) < 4.78 is 11.2. The number of fused-ring (bicyclic) bond motifs is 1. The fourth-order valence-electron chi connectivity index (χ4n) is 4.34. The van der Waals surface area contributed by atoms with Gasteiger partial charge in [0, 0.05) is 31.8 Å². The number of hydrogen-bond acceptors (Lipinski definition) is 3. The van der Waals surface area contributed by atoms with Gasteiger partial charge in [-0.25, -0.2) is 0 Å². The summed E-state index contributed by atoms with van der Waals surface area (Å²) in [7, 11) is 0. The van der Waals surface area contributed by atoms with Crippen molar-refractivity contribution in [1.29, 1.82) is 0 Å². The van der Waals surface area contributed by atoms with Gasteiger partial charge in [-0.1, -0.05) is 42.5 Å². The summed E-state index contributed by atoms with van der Waals surface area (Å²) in [6, 6.07) is 14.8. The predicted octanol–water partition coefficient (Wildman–Crippen LogP) is 3.33. The summed E-state index contributed by atoms with van der Waals surface area (Å²) in [6.07, 6.45) is 3.49. The summed E-state index contributed by atoms with van der Waals surface area (Å²) in [5.41, 5.74) is 1.07. The van der Waals surface area contributed by atoms with Gasteiger partial charge in [0.15, 0.2) is 0 Å². The Morgan fingerprint density at radius 3 is 2.58 bits per heavy atom. The number of ether oxygens (including phenoxy) is 2. The van der Waals surface area contributed by atoms with E-state index in [0.29, 0.717) is 18.3 Å². The standard InChI is InChI=1S/C22H27NO3/c24-22(14-16-5-6-17-3-1-2-4-19(17)13-16)23-21-9-12-26-15-20(21)18-7-10-25-11-8-18/h1-6,13,18,20-21H,7-12,14-15H2,(H,23,24)/t20-,21-/m0/s1. The Morgan fingerprint density at radius 2 is 1.73 bits per heavy atom. The van der Waals surface area contributed by atoms with Crippen LogP contribution in [0, 0.1) is 11.8 Å². The van der Waals surface area contributed by atoms with E-state index >= 15 is 0 Å².